The first-order valence-corrected chi connectivity index (χ1v) is 9.08. The molecule has 0 fully saturated rings. The van der Waals surface area contributed by atoms with Crippen molar-refractivity contribution in [3.63, 3.8) is 0 Å². The highest BCUT2D eigenvalue weighted by Gasteiger charge is 2.22. The van der Waals surface area contributed by atoms with Crippen molar-refractivity contribution in [2.45, 2.75) is 26.4 Å². The van der Waals surface area contributed by atoms with Crippen LogP contribution in [0.2, 0.25) is 0 Å². The summed E-state index contributed by atoms with van der Waals surface area (Å²) in [4.78, 5) is 12.8. The Hall–Kier alpha value is -2.24. The molecular weight excluding hydrogens is 337 g/mol. The predicted octanol–water partition coefficient (Wildman–Crippen LogP) is 5.07. The lowest BCUT2D eigenvalue weighted by Crippen LogP contribution is -2.19. The lowest BCUT2D eigenvalue weighted by molar-refractivity contribution is 0.0531. The molecule has 0 aliphatic rings. The van der Waals surface area contributed by atoms with Crippen LogP contribution in [0.4, 0.5) is 4.39 Å². The zero-order valence-electron chi connectivity index (χ0n) is 14.2. The molecule has 0 amide bonds. The summed E-state index contributed by atoms with van der Waals surface area (Å²) in [5.74, 6) is -0.708. The molecule has 0 radical (unpaired) electrons. The van der Waals surface area contributed by atoms with Gasteiger partial charge in [-0.25, -0.2) is 9.18 Å². The fraction of sp³-hybridized carbons (Fsp3) is 0.250. The summed E-state index contributed by atoms with van der Waals surface area (Å²) in [5, 5.41) is 3.89. The van der Waals surface area contributed by atoms with E-state index < -0.39 is 5.97 Å². The van der Waals surface area contributed by atoms with Crippen LogP contribution in [0.3, 0.4) is 0 Å². The molecule has 0 spiro atoms. The lowest BCUT2D eigenvalue weighted by Gasteiger charge is -2.15. The first-order valence-electron chi connectivity index (χ1n) is 8.27. The van der Waals surface area contributed by atoms with Gasteiger partial charge in [-0.05, 0) is 31.5 Å². The second-order valence-electron chi connectivity index (χ2n) is 5.76. The van der Waals surface area contributed by atoms with E-state index in [1.807, 2.05) is 43.3 Å². The average Bonchev–Trinajstić information content (AvgIpc) is 3.01. The number of nitrogens with one attached hydrogen (secondary N) is 1. The molecule has 5 heteroatoms. The zero-order chi connectivity index (χ0) is 17.8. The number of carbonyl (C=O) groups is 1. The lowest BCUT2D eigenvalue weighted by atomic mass is 10.1. The minimum Gasteiger partial charge on any atom is -0.462 e. The van der Waals surface area contributed by atoms with Gasteiger partial charge in [-0.3, -0.25) is 0 Å². The van der Waals surface area contributed by atoms with Crippen LogP contribution in [0.25, 0.3) is 10.1 Å². The maximum Gasteiger partial charge on any atom is 0.348 e. The summed E-state index contributed by atoms with van der Waals surface area (Å²) in [6.07, 6.45) is 0. The van der Waals surface area contributed by atoms with Crippen molar-refractivity contribution in [1.82, 2.24) is 5.32 Å². The van der Waals surface area contributed by atoms with Crippen LogP contribution < -0.4 is 5.32 Å². The summed E-state index contributed by atoms with van der Waals surface area (Å²) in [5.41, 5.74) is 1.81. The van der Waals surface area contributed by atoms with Gasteiger partial charge < -0.3 is 10.1 Å². The van der Waals surface area contributed by atoms with Crippen LogP contribution in [0, 0.1) is 5.82 Å². The van der Waals surface area contributed by atoms with E-state index in [1.165, 1.54) is 17.4 Å². The van der Waals surface area contributed by atoms with Crippen molar-refractivity contribution in [3.8, 4) is 0 Å². The van der Waals surface area contributed by atoms with Crippen molar-refractivity contribution >= 4 is 27.4 Å². The molecule has 130 valence electrons. The van der Waals surface area contributed by atoms with Gasteiger partial charge in [0.2, 0.25) is 0 Å². The number of hydrogen-bond acceptors (Lipinski definition) is 4. The van der Waals surface area contributed by atoms with Gasteiger partial charge in [0.25, 0.3) is 0 Å². The van der Waals surface area contributed by atoms with Crippen molar-refractivity contribution in [3.05, 3.63) is 70.4 Å². The van der Waals surface area contributed by atoms with Gasteiger partial charge in [-0.15, -0.1) is 11.3 Å². The summed E-state index contributed by atoms with van der Waals surface area (Å²) in [7, 11) is 0. The monoisotopic (exact) mass is 357 g/mol. The van der Waals surface area contributed by atoms with E-state index in [2.05, 4.69) is 5.32 Å². The van der Waals surface area contributed by atoms with Crippen LogP contribution in [0.5, 0.6) is 0 Å². The second kappa shape index (κ2) is 7.76. The Morgan fingerprint density at radius 2 is 1.96 bits per heavy atom. The van der Waals surface area contributed by atoms with Gasteiger partial charge in [0.1, 0.15) is 10.7 Å². The first-order chi connectivity index (χ1) is 12.1. The fourth-order valence-corrected chi connectivity index (χ4v) is 3.94. The quantitative estimate of drug-likeness (QED) is 0.626. The molecule has 3 rings (SSSR count). The van der Waals surface area contributed by atoms with Gasteiger partial charge in [0.05, 0.1) is 6.61 Å². The van der Waals surface area contributed by atoms with E-state index >= 15 is 0 Å². The molecule has 0 bridgehead atoms. The number of esters is 1. The molecule has 0 aliphatic heterocycles. The van der Waals surface area contributed by atoms with Gasteiger partial charge in [0, 0.05) is 28.2 Å². The molecule has 1 N–H and O–H groups in total. The number of benzene rings is 2. The predicted molar refractivity (Wildman–Crippen MR) is 99.4 cm³/mol. The normalized spacial score (nSPS) is 12.3. The molecule has 0 unspecified atom stereocenters. The van der Waals surface area contributed by atoms with Crippen LogP contribution in [0.15, 0.2) is 48.5 Å². The molecule has 0 saturated heterocycles. The van der Waals surface area contributed by atoms with E-state index in [9.17, 15) is 9.18 Å². The summed E-state index contributed by atoms with van der Waals surface area (Å²) < 4.78 is 20.3. The Morgan fingerprint density at radius 1 is 1.20 bits per heavy atom. The van der Waals surface area contributed by atoms with Gasteiger partial charge in [0.15, 0.2) is 0 Å². The number of fused-ring (bicyclic) bond motifs is 1. The molecule has 1 aromatic heterocycles. The molecule has 2 aromatic carbocycles. The number of carbonyl (C=O) groups excluding carboxylic acids is 1. The van der Waals surface area contributed by atoms with Crippen LogP contribution in [-0.2, 0) is 11.3 Å². The average molecular weight is 357 g/mol. The molecule has 3 nitrogen and oxygen atoms in total. The molecule has 0 aliphatic carbocycles. The van der Waals surface area contributed by atoms with Crippen LogP contribution in [0.1, 0.15) is 40.7 Å². The zero-order valence-corrected chi connectivity index (χ0v) is 15.0. The minimum atomic E-state index is -0.396. The molecular formula is C20H20FNO2S. The molecule has 1 atom stereocenters. The SMILES string of the molecule is CCOC(=O)c1sc2cccc(F)c2c1CN[C@@H](C)c1ccccc1. The number of ether oxygens (including phenoxy) is 1. The molecule has 3 aromatic rings. The van der Waals surface area contributed by atoms with E-state index in [0.29, 0.717) is 29.0 Å². The smallest absolute Gasteiger partial charge is 0.348 e. The Kier molecular flexibility index (Phi) is 5.46. The molecule has 1 heterocycles. The van der Waals surface area contributed by atoms with Crippen molar-refractivity contribution < 1.29 is 13.9 Å². The van der Waals surface area contributed by atoms with Gasteiger partial charge >= 0.3 is 5.97 Å². The summed E-state index contributed by atoms with van der Waals surface area (Å²) >= 11 is 1.28. The minimum absolute atomic E-state index is 0.0815. The van der Waals surface area contributed by atoms with E-state index in [-0.39, 0.29) is 11.9 Å². The standard InChI is InChI=1S/C20H20FNO2S/c1-3-24-20(23)19-15(18-16(21)10-7-11-17(18)25-19)12-22-13(2)14-8-5-4-6-9-14/h4-11,13,22H,3,12H2,1-2H3/t13-/m0/s1. The number of halogens is 1. The number of rotatable bonds is 6. The highest BCUT2D eigenvalue weighted by atomic mass is 32.1. The second-order valence-corrected chi connectivity index (χ2v) is 6.81. The van der Waals surface area contributed by atoms with E-state index in [1.54, 1.807) is 13.0 Å². The Labute approximate surface area is 150 Å². The van der Waals surface area contributed by atoms with E-state index in [0.717, 1.165) is 10.3 Å². The number of thiophene rings is 1. The Balaban J connectivity index is 1.93. The fourth-order valence-electron chi connectivity index (χ4n) is 2.81. The largest absolute Gasteiger partial charge is 0.462 e. The van der Waals surface area contributed by atoms with Gasteiger partial charge in [-0.2, -0.15) is 0 Å². The molecule has 25 heavy (non-hydrogen) atoms. The third-order valence-corrected chi connectivity index (χ3v) is 5.29. The van der Waals surface area contributed by atoms with Crippen molar-refractivity contribution in [1.29, 1.82) is 0 Å². The van der Waals surface area contributed by atoms with Crippen molar-refractivity contribution in [2.24, 2.45) is 0 Å². The Bertz CT molecular complexity index is 876. The number of hydrogen-bond donors (Lipinski definition) is 1. The molecule has 0 saturated carbocycles. The topological polar surface area (TPSA) is 38.3 Å². The van der Waals surface area contributed by atoms with Gasteiger partial charge in [-0.1, -0.05) is 36.4 Å². The highest BCUT2D eigenvalue weighted by Crippen LogP contribution is 2.34. The third kappa shape index (κ3) is 3.72. The Morgan fingerprint density at radius 3 is 2.68 bits per heavy atom. The van der Waals surface area contributed by atoms with Crippen LogP contribution in [-0.4, -0.2) is 12.6 Å². The third-order valence-electron chi connectivity index (χ3n) is 4.11. The van der Waals surface area contributed by atoms with Crippen LogP contribution >= 0.6 is 11.3 Å². The van der Waals surface area contributed by atoms with Crippen molar-refractivity contribution in [2.75, 3.05) is 6.61 Å². The maximum atomic E-state index is 14.4. The summed E-state index contributed by atoms with van der Waals surface area (Å²) in [6, 6.07) is 15.0. The maximum absolute atomic E-state index is 14.4. The highest BCUT2D eigenvalue weighted by molar-refractivity contribution is 7.21. The van der Waals surface area contributed by atoms with E-state index in [4.69, 9.17) is 4.74 Å². The summed E-state index contributed by atoms with van der Waals surface area (Å²) in [6.45, 7) is 4.50. The first kappa shape index (κ1) is 17.6.